The van der Waals surface area contributed by atoms with Gasteiger partial charge in [-0.15, -0.1) is 0 Å². The van der Waals surface area contributed by atoms with Crippen molar-refractivity contribution in [2.24, 2.45) is 0 Å². The van der Waals surface area contributed by atoms with E-state index in [0.717, 1.165) is 42.4 Å². The van der Waals surface area contributed by atoms with Crippen LogP contribution in [0.4, 0.5) is 5.82 Å². The molecule has 0 fully saturated rings. The molecule has 0 bridgehead atoms. The number of hydrogen-bond acceptors (Lipinski definition) is 4. The molecule has 0 N–H and O–H groups in total. The lowest BCUT2D eigenvalue weighted by molar-refractivity contribution is 0.659. The van der Waals surface area contributed by atoms with Gasteiger partial charge in [0, 0.05) is 25.2 Å². The van der Waals surface area contributed by atoms with Crippen LogP contribution in [0.5, 0.6) is 0 Å². The summed E-state index contributed by atoms with van der Waals surface area (Å²) in [5.74, 6) is 1.95. The van der Waals surface area contributed by atoms with Crippen molar-refractivity contribution in [3.63, 3.8) is 0 Å². The molecule has 0 aromatic carbocycles. The van der Waals surface area contributed by atoms with E-state index < -0.39 is 0 Å². The molecular weight excluding hydrogens is 272 g/mol. The quantitative estimate of drug-likeness (QED) is 0.793. The first-order valence-corrected chi connectivity index (χ1v) is 8.59. The Labute approximate surface area is 134 Å². The van der Waals surface area contributed by atoms with Crippen LogP contribution in [0.25, 0.3) is 10.9 Å². The van der Waals surface area contributed by atoms with Crippen molar-refractivity contribution in [3.8, 4) is 0 Å². The number of pyridine rings is 1. The van der Waals surface area contributed by atoms with Crippen molar-refractivity contribution in [3.05, 3.63) is 23.3 Å². The molecule has 3 heterocycles. The van der Waals surface area contributed by atoms with E-state index in [0.29, 0.717) is 0 Å². The molecule has 0 aliphatic carbocycles. The number of aromatic nitrogens is 3. The summed E-state index contributed by atoms with van der Waals surface area (Å²) < 4.78 is 0. The van der Waals surface area contributed by atoms with Crippen LogP contribution < -0.4 is 4.90 Å². The third kappa shape index (κ3) is 3.37. The van der Waals surface area contributed by atoms with Crippen molar-refractivity contribution in [2.75, 3.05) is 18.0 Å². The zero-order valence-corrected chi connectivity index (χ0v) is 14.6. The van der Waals surface area contributed by atoms with Gasteiger partial charge in [0.2, 0.25) is 0 Å². The first-order valence-electron chi connectivity index (χ1n) is 8.59. The highest BCUT2D eigenvalue weighted by atomic mass is 15.2. The van der Waals surface area contributed by atoms with Crippen molar-refractivity contribution < 1.29 is 0 Å². The van der Waals surface area contributed by atoms with Gasteiger partial charge in [0.25, 0.3) is 0 Å². The van der Waals surface area contributed by atoms with Gasteiger partial charge < -0.3 is 4.90 Å². The van der Waals surface area contributed by atoms with E-state index in [-0.39, 0.29) is 0 Å². The average Bonchev–Trinajstić information content (AvgIpc) is 2.51. The van der Waals surface area contributed by atoms with Crippen molar-refractivity contribution in [1.29, 1.82) is 0 Å². The van der Waals surface area contributed by atoms with Crippen LogP contribution >= 0.6 is 0 Å². The molecule has 1 aliphatic rings. The molecule has 0 saturated heterocycles. The van der Waals surface area contributed by atoms with Crippen LogP contribution in [0, 0.1) is 13.8 Å². The lowest BCUT2D eigenvalue weighted by Crippen LogP contribution is -2.32. The van der Waals surface area contributed by atoms with E-state index in [4.69, 9.17) is 4.98 Å². The highest BCUT2D eigenvalue weighted by Crippen LogP contribution is 2.31. The summed E-state index contributed by atoms with van der Waals surface area (Å²) in [5.41, 5.74) is 3.27. The largest absolute Gasteiger partial charge is 0.356 e. The topological polar surface area (TPSA) is 41.9 Å². The molecule has 3 rings (SSSR count). The second kappa shape index (κ2) is 7.52. The number of unbranched alkanes of at least 4 members (excludes halogenated alkanes) is 2. The van der Waals surface area contributed by atoms with Crippen molar-refractivity contribution >= 4 is 16.7 Å². The number of nitrogens with zero attached hydrogens (tertiary/aromatic N) is 4. The number of anilines is 1. The van der Waals surface area contributed by atoms with Gasteiger partial charge in [-0.3, -0.25) is 4.98 Å². The Morgan fingerprint density at radius 1 is 1.09 bits per heavy atom. The maximum Gasteiger partial charge on any atom is 0.142 e. The molecule has 22 heavy (non-hydrogen) atoms. The Bertz CT molecular complexity index is 631. The van der Waals surface area contributed by atoms with Gasteiger partial charge in [-0.2, -0.15) is 0 Å². The molecule has 2 aromatic rings. The third-order valence-electron chi connectivity index (χ3n) is 3.92. The van der Waals surface area contributed by atoms with E-state index >= 15 is 0 Å². The van der Waals surface area contributed by atoms with Gasteiger partial charge in [0.15, 0.2) is 0 Å². The minimum atomic E-state index is 0.853. The fourth-order valence-corrected chi connectivity index (χ4v) is 2.99. The first-order chi connectivity index (χ1) is 10.7. The predicted molar refractivity (Wildman–Crippen MR) is 93.6 cm³/mol. The molecule has 4 heteroatoms. The predicted octanol–water partition coefficient (Wildman–Crippen LogP) is 4.22. The Morgan fingerprint density at radius 3 is 2.59 bits per heavy atom. The molecule has 0 unspecified atom stereocenters. The molecule has 0 amide bonds. The summed E-state index contributed by atoms with van der Waals surface area (Å²) in [5, 5.41) is 1.17. The molecular formula is C18H28N4. The lowest BCUT2D eigenvalue weighted by Gasteiger charge is -2.29. The molecule has 0 radical (unpaired) electrons. The van der Waals surface area contributed by atoms with Gasteiger partial charge in [-0.1, -0.05) is 33.6 Å². The molecule has 2 aromatic heterocycles. The average molecular weight is 300 g/mol. The van der Waals surface area contributed by atoms with E-state index in [1.807, 2.05) is 27.7 Å². The summed E-state index contributed by atoms with van der Waals surface area (Å²) in [6.07, 6.45) is 4.77. The highest BCUT2D eigenvalue weighted by molar-refractivity contribution is 5.93. The Kier molecular flexibility index (Phi) is 5.69. The Balaban J connectivity index is 0.000000847. The van der Waals surface area contributed by atoms with Gasteiger partial charge in [0.1, 0.15) is 11.6 Å². The summed E-state index contributed by atoms with van der Waals surface area (Å²) in [4.78, 5) is 16.4. The van der Waals surface area contributed by atoms with Crippen molar-refractivity contribution in [1.82, 2.24) is 15.0 Å². The van der Waals surface area contributed by atoms with Crippen LogP contribution in [0.15, 0.2) is 6.07 Å². The van der Waals surface area contributed by atoms with Crippen LogP contribution in [-0.2, 0) is 6.42 Å². The minimum Gasteiger partial charge on any atom is -0.356 e. The fraction of sp³-hybridized carbons (Fsp3) is 0.611. The zero-order valence-electron chi connectivity index (χ0n) is 14.6. The van der Waals surface area contributed by atoms with Gasteiger partial charge in [-0.05, 0) is 26.3 Å². The Hall–Kier alpha value is -1.71. The summed E-state index contributed by atoms with van der Waals surface area (Å²) in [7, 11) is 0. The number of hydrogen-bond donors (Lipinski definition) is 0. The van der Waals surface area contributed by atoms with Crippen LogP contribution in [0.2, 0.25) is 0 Å². The minimum absolute atomic E-state index is 0.853. The van der Waals surface area contributed by atoms with Crippen LogP contribution in [-0.4, -0.2) is 28.0 Å². The van der Waals surface area contributed by atoms with E-state index in [2.05, 4.69) is 27.9 Å². The van der Waals surface area contributed by atoms with E-state index in [1.54, 1.807) is 0 Å². The number of aryl methyl sites for hydroxylation is 2. The molecule has 0 atom stereocenters. The summed E-state index contributed by atoms with van der Waals surface area (Å²) >= 11 is 0. The normalized spacial score (nSPS) is 13.0. The lowest BCUT2D eigenvalue weighted by atomic mass is 10.1. The molecule has 0 spiro atoms. The monoisotopic (exact) mass is 300 g/mol. The third-order valence-corrected chi connectivity index (χ3v) is 3.92. The standard InChI is InChI=1S/C16H22N4.C2H6/c1-4-5-6-8-20-9-7-13-15-14(10-11(2)17-13)18-12(3)19-16(15)20;1-2/h10H,4-9H2,1-3H3;1-2H3. The smallest absolute Gasteiger partial charge is 0.142 e. The maximum atomic E-state index is 4.70. The molecule has 0 saturated carbocycles. The second-order valence-electron chi connectivity index (χ2n) is 5.64. The van der Waals surface area contributed by atoms with Gasteiger partial charge in [-0.25, -0.2) is 9.97 Å². The van der Waals surface area contributed by atoms with Gasteiger partial charge in [0.05, 0.1) is 16.6 Å². The zero-order chi connectivity index (χ0) is 16.1. The maximum absolute atomic E-state index is 4.70. The molecule has 1 aliphatic heterocycles. The summed E-state index contributed by atoms with van der Waals surface area (Å²) in [6.45, 7) is 12.4. The molecule has 120 valence electrons. The van der Waals surface area contributed by atoms with Crippen molar-refractivity contribution in [2.45, 2.75) is 60.3 Å². The molecule has 4 nitrogen and oxygen atoms in total. The van der Waals surface area contributed by atoms with E-state index in [9.17, 15) is 0 Å². The van der Waals surface area contributed by atoms with E-state index in [1.165, 1.54) is 30.3 Å². The van der Waals surface area contributed by atoms with Gasteiger partial charge >= 0.3 is 0 Å². The van der Waals surface area contributed by atoms with Crippen LogP contribution in [0.3, 0.4) is 0 Å². The first kappa shape index (κ1) is 16.7. The number of rotatable bonds is 4. The summed E-state index contributed by atoms with van der Waals surface area (Å²) in [6, 6.07) is 2.08. The highest BCUT2D eigenvalue weighted by Gasteiger charge is 2.22. The van der Waals surface area contributed by atoms with Crippen LogP contribution in [0.1, 0.15) is 57.2 Å². The second-order valence-corrected chi connectivity index (χ2v) is 5.64. The fourth-order valence-electron chi connectivity index (χ4n) is 2.99. The SMILES string of the molecule is CC.CCCCCN1CCc2nc(C)cc3nc(C)nc1c23. The Morgan fingerprint density at radius 2 is 1.86 bits per heavy atom.